The fraction of sp³-hybridized carbons (Fsp3) is 0.500. The largest absolute Gasteiger partial charge is 0.454 e. The van der Waals surface area contributed by atoms with E-state index >= 15 is 0 Å². The van der Waals surface area contributed by atoms with Gasteiger partial charge in [-0.15, -0.1) is 0 Å². The van der Waals surface area contributed by atoms with Crippen LogP contribution in [0.15, 0.2) is 12.1 Å². The lowest BCUT2D eigenvalue weighted by Gasteiger charge is -2.17. The molecular weight excluding hydrogens is 242 g/mol. The van der Waals surface area contributed by atoms with Crippen LogP contribution in [0.4, 0.5) is 0 Å². The number of fused-ring (bicyclic) bond motifs is 1. The highest BCUT2D eigenvalue weighted by Gasteiger charge is 2.27. The molecule has 1 heterocycles. The van der Waals surface area contributed by atoms with E-state index in [9.17, 15) is 5.11 Å². The third-order valence-corrected chi connectivity index (χ3v) is 3.33. The molecule has 5 heteroatoms. The van der Waals surface area contributed by atoms with Gasteiger partial charge in [-0.3, -0.25) is 0 Å². The Morgan fingerprint density at radius 3 is 2.94 bits per heavy atom. The van der Waals surface area contributed by atoms with E-state index in [1.54, 1.807) is 0 Å². The van der Waals surface area contributed by atoms with Gasteiger partial charge in [0.25, 0.3) is 0 Å². The molecule has 2 N–H and O–H groups in total. The van der Waals surface area contributed by atoms with E-state index in [0.717, 1.165) is 5.56 Å². The summed E-state index contributed by atoms with van der Waals surface area (Å²) in [6.07, 6.45) is 2.35. The Hall–Kier alpha value is -0.970. The van der Waals surface area contributed by atoms with E-state index in [0.29, 0.717) is 22.6 Å². The Balaban J connectivity index is 1.88. The zero-order valence-electron chi connectivity index (χ0n) is 9.28. The van der Waals surface area contributed by atoms with Crippen molar-refractivity contribution in [3.63, 3.8) is 0 Å². The maximum absolute atomic E-state index is 9.42. The molecule has 0 bridgehead atoms. The normalized spacial score (nSPS) is 19.4. The van der Waals surface area contributed by atoms with Crippen molar-refractivity contribution < 1.29 is 14.6 Å². The topological polar surface area (TPSA) is 50.7 Å². The Morgan fingerprint density at radius 1 is 1.41 bits per heavy atom. The number of nitrogens with one attached hydrogen (secondary N) is 1. The predicted molar refractivity (Wildman–Crippen MR) is 63.6 cm³/mol. The van der Waals surface area contributed by atoms with Gasteiger partial charge in [0.2, 0.25) is 6.79 Å². The Kier molecular flexibility index (Phi) is 2.86. The van der Waals surface area contributed by atoms with Crippen molar-refractivity contribution in [2.75, 3.05) is 13.4 Å². The molecule has 1 saturated carbocycles. The zero-order chi connectivity index (χ0) is 11.8. The molecule has 92 valence electrons. The van der Waals surface area contributed by atoms with Crippen LogP contribution in [0.25, 0.3) is 0 Å². The van der Waals surface area contributed by atoms with Gasteiger partial charge in [0.05, 0.1) is 17.7 Å². The van der Waals surface area contributed by atoms with E-state index in [-0.39, 0.29) is 19.4 Å². The fourth-order valence-corrected chi connectivity index (χ4v) is 2.25. The quantitative estimate of drug-likeness (QED) is 0.862. The van der Waals surface area contributed by atoms with Crippen molar-refractivity contribution in [2.24, 2.45) is 0 Å². The van der Waals surface area contributed by atoms with Gasteiger partial charge in [-0.05, 0) is 30.5 Å². The number of benzene rings is 1. The van der Waals surface area contributed by atoms with Crippen molar-refractivity contribution in [1.29, 1.82) is 0 Å². The molecule has 1 fully saturated rings. The first-order valence-electron chi connectivity index (χ1n) is 5.74. The summed E-state index contributed by atoms with van der Waals surface area (Å²) >= 11 is 6.11. The SMILES string of the molecule is OCC(NC1CC1)c1cc(Cl)c2c(c1)OCO2. The Bertz CT molecular complexity index is 434. The molecule has 1 unspecified atom stereocenters. The highest BCUT2D eigenvalue weighted by atomic mass is 35.5. The summed E-state index contributed by atoms with van der Waals surface area (Å²) in [5, 5.41) is 13.3. The molecule has 1 atom stereocenters. The Labute approximate surface area is 104 Å². The van der Waals surface area contributed by atoms with Crippen LogP contribution in [0.1, 0.15) is 24.4 Å². The molecule has 0 aromatic heterocycles. The highest BCUT2D eigenvalue weighted by Crippen LogP contribution is 2.41. The molecule has 0 amide bonds. The summed E-state index contributed by atoms with van der Waals surface area (Å²) in [5.41, 5.74) is 0.939. The minimum absolute atomic E-state index is 0.0481. The van der Waals surface area contributed by atoms with Crippen LogP contribution in [0.2, 0.25) is 5.02 Å². The van der Waals surface area contributed by atoms with Crippen LogP contribution in [-0.2, 0) is 0 Å². The smallest absolute Gasteiger partial charge is 0.231 e. The molecule has 2 aliphatic rings. The van der Waals surface area contributed by atoms with Gasteiger partial charge < -0.3 is 19.9 Å². The third-order valence-electron chi connectivity index (χ3n) is 3.05. The second-order valence-electron chi connectivity index (χ2n) is 4.41. The van der Waals surface area contributed by atoms with Crippen LogP contribution in [0.3, 0.4) is 0 Å². The van der Waals surface area contributed by atoms with E-state index in [4.69, 9.17) is 21.1 Å². The summed E-state index contributed by atoms with van der Waals surface area (Å²) < 4.78 is 10.6. The van der Waals surface area contributed by atoms with Crippen LogP contribution < -0.4 is 14.8 Å². The molecule has 17 heavy (non-hydrogen) atoms. The third kappa shape index (κ3) is 2.20. The van der Waals surface area contributed by atoms with Gasteiger partial charge in [0, 0.05) is 6.04 Å². The molecule has 0 saturated heterocycles. The summed E-state index contributed by atoms with van der Waals surface area (Å²) in [6, 6.07) is 4.14. The maximum Gasteiger partial charge on any atom is 0.231 e. The van der Waals surface area contributed by atoms with Gasteiger partial charge in [0.15, 0.2) is 11.5 Å². The zero-order valence-corrected chi connectivity index (χ0v) is 10.0. The predicted octanol–water partition coefficient (Wildman–Crippen LogP) is 1.85. The number of hydrogen-bond donors (Lipinski definition) is 2. The highest BCUT2D eigenvalue weighted by molar-refractivity contribution is 6.32. The van der Waals surface area contributed by atoms with Crippen molar-refractivity contribution in [2.45, 2.75) is 24.9 Å². The van der Waals surface area contributed by atoms with E-state index in [2.05, 4.69) is 5.32 Å². The number of hydrogen-bond acceptors (Lipinski definition) is 4. The number of halogens is 1. The van der Waals surface area contributed by atoms with Crippen molar-refractivity contribution >= 4 is 11.6 Å². The van der Waals surface area contributed by atoms with Crippen LogP contribution >= 0.6 is 11.6 Å². The summed E-state index contributed by atoms with van der Waals surface area (Å²) in [7, 11) is 0. The molecule has 3 rings (SSSR count). The Morgan fingerprint density at radius 2 is 2.24 bits per heavy atom. The lowest BCUT2D eigenvalue weighted by Crippen LogP contribution is -2.26. The summed E-state index contributed by atoms with van der Waals surface area (Å²) in [5.74, 6) is 1.25. The van der Waals surface area contributed by atoms with E-state index in [1.807, 2.05) is 12.1 Å². The maximum atomic E-state index is 9.42. The average Bonchev–Trinajstić information content (AvgIpc) is 3.01. The van der Waals surface area contributed by atoms with Crippen LogP contribution in [-0.4, -0.2) is 24.5 Å². The van der Waals surface area contributed by atoms with Crippen molar-refractivity contribution in [3.8, 4) is 11.5 Å². The molecule has 4 nitrogen and oxygen atoms in total. The average molecular weight is 256 g/mol. The van der Waals surface area contributed by atoms with Gasteiger partial charge in [-0.25, -0.2) is 0 Å². The molecular formula is C12H14ClNO3. The first-order chi connectivity index (χ1) is 8.28. The molecule has 1 aromatic carbocycles. The molecule has 1 aliphatic heterocycles. The van der Waals surface area contributed by atoms with E-state index < -0.39 is 0 Å². The van der Waals surface area contributed by atoms with E-state index in [1.165, 1.54) is 12.8 Å². The number of aliphatic hydroxyl groups is 1. The first-order valence-corrected chi connectivity index (χ1v) is 6.11. The number of rotatable bonds is 4. The molecule has 0 radical (unpaired) electrons. The summed E-state index contributed by atoms with van der Waals surface area (Å²) in [6.45, 7) is 0.255. The van der Waals surface area contributed by atoms with Gasteiger partial charge in [-0.1, -0.05) is 11.6 Å². The van der Waals surface area contributed by atoms with Crippen molar-refractivity contribution in [3.05, 3.63) is 22.7 Å². The minimum Gasteiger partial charge on any atom is -0.454 e. The van der Waals surface area contributed by atoms with Gasteiger partial charge in [0.1, 0.15) is 0 Å². The molecule has 1 aromatic rings. The molecule has 1 aliphatic carbocycles. The fourth-order valence-electron chi connectivity index (χ4n) is 1.98. The van der Waals surface area contributed by atoms with Crippen molar-refractivity contribution in [1.82, 2.24) is 5.32 Å². The first kappa shape index (κ1) is 11.1. The molecule has 0 spiro atoms. The second-order valence-corrected chi connectivity index (χ2v) is 4.82. The van der Waals surface area contributed by atoms with Gasteiger partial charge >= 0.3 is 0 Å². The number of aliphatic hydroxyl groups excluding tert-OH is 1. The lowest BCUT2D eigenvalue weighted by molar-refractivity contribution is 0.174. The second kappa shape index (κ2) is 4.37. The van der Waals surface area contributed by atoms with Crippen LogP contribution in [0, 0.1) is 0 Å². The number of ether oxygens (including phenoxy) is 2. The summed E-state index contributed by atoms with van der Waals surface area (Å²) in [4.78, 5) is 0. The standard InChI is InChI=1S/C12H14ClNO3/c13-9-3-7(4-11-12(9)17-6-16-11)10(5-15)14-8-1-2-8/h3-4,8,10,14-15H,1-2,5-6H2. The van der Waals surface area contributed by atoms with Crippen LogP contribution in [0.5, 0.6) is 11.5 Å². The monoisotopic (exact) mass is 255 g/mol. The minimum atomic E-state index is -0.0884. The van der Waals surface area contributed by atoms with Gasteiger partial charge in [-0.2, -0.15) is 0 Å². The lowest BCUT2D eigenvalue weighted by atomic mass is 10.1.